The lowest BCUT2D eigenvalue weighted by molar-refractivity contribution is -1.05. The highest BCUT2D eigenvalue weighted by atomic mass is 16.5. The number of furan rings is 1. The molecule has 10 atom stereocenters. The van der Waals surface area contributed by atoms with Gasteiger partial charge in [0.05, 0.1) is 30.7 Å². The number of fused-ring (bicyclic) bond motifs is 2. The number of para-hydroxylation sites is 1. The van der Waals surface area contributed by atoms with E-state index < -0.39 is 18.3 Å². The first-order valence-electron chi connectivity index (χ1n) is 12.6. The standard InChI is InChI=1S/C27H33N2O5/c1-4-15-16-11-19-23-27(17-7-5-6-8-18(17)28(23)2)12-20(22(16)24(27)30)29(19,25(15)31)13-14-9-10-21(34-14)26(32)33-3/h5-10,15-16,19-20,22-25,30-31H,4,11-13H2,1-3H3/q+1. The van der Waals surface area contributed by atoms with Crippen molar-refractivity contribution in [1.29, 1.82) is 0 Å². The van der Waals surface area contributed by atoms with Gasteiger partial charge in [-0.2, -0.15) is 0 Å². The van der Waals surface area contributed by atoms with E-state index in [-0.39, 0.29) is 41.1 Å². The van der Waals surface area contributed by atoms with Crippen molar-refractivity contribution in [3.05, 3.63) is 53.5 Å². The van der Waals surface area contributed by atoms with E-state index in [0.29, 0.717) is 22.7 Å². The van der Waals surface area contributed by atoms with Crippen LogP contribution in [0.3, 0.4) is 0 Å². The van der Waals surface area contributed by atoms with Crippen molar-refractivity contribution < 1.29 is 28.6 Å². The number of nitrogens with zero attached hydrogens (tertiary/aromatic N) is 2. The Hall–Kier alpha value is -2.35. The van der Waals surface area contributed by atoms with Crippen LogP contribution in [-0.2, 0) is 16.7 Å². The molecule has 1 aromatic carbocycles. The first-order valence-corrected chi connectivity index (χ1v) is 12.6. The molecule has 1 aliphatic carbocycles. The number of benzene rings is 1. The Morgan fingerprint density at radius 3 is 2.79 bits per heavy atom. The normalized spacial score (nSPS) is 44.9. The second-order valence-electron chi connectivity index (χ2n) is 11.3. The number of hydrogen-bond donors (Lipinski definition) is 2. The molecule has 1 aromatic heterocycles. The second kappa shape index (κ2) is 6.65. The van der Waals surface area contributed by atoms with Gasteiger partial charge in [-0.05, 0) is 36.1 Å². The molecule has 1 saturated carbocycles. The number of carbonyl (C=O) groups excluding carboxylic acids is 1. The fraction of sp³-hybridized carbons (Fsp3) is 0.593. The van der Waals surface area contributed by atoms with Crippen LogP contribution in [0, 0.1) is 17.8 Å². The number of carbonyl (C=O) groups is 1. The molecular weight excluding hydrogens is 432 g/mol. The quantitative estimate of drug-likeness (QED) is 0.534. The number of esters is 1. The molecule has 10 unspecified atom stereocenters. The van der Waals surface area contributed by atoms with E-state index >= 15 is 0 Å². The largest absolute Gasteiger partial charge is 0.463 e. The summed E-state index contributed by atoms with van der Waals surface area (Å²) in [4.78, 5) is 14.4. The summed E-state index contributed by atoms with van der Waals surface area (Å²) in [6, 6.07) is 12.6. The Balaban J connectivity index is 1.41. The van der Waals surface area contributed by atoms with Crippen molar-refractivity contribution in [1.82, 2.24) is 0 Å². The Bertz CT molecular complexity index is 1180. The monoisotopic (exact) mass is 465 g/mol. The van der Waals surface area contributed by atoms with Crippen LogP contribution < -0.4 is 4.90 Å². The molecule has 0 amide bonds. The third kappa shape index (κ3) is 2.10. The summed E-state index contributed by atoms with van der Waals surface area (Å²) in [5, 5.41) is 24.1. The zero-order valence-electron chi connectivity index (χ0n) is 19.9. The molecule has 1 spiro atoms. The van der Waals surface area contributed by atoms with Crippen LogP contribution in [0.4, 0.5) is 5.69 Å². The predicted molar refractivity (Wildman–Crippen MR) is 124 cm³/mol. The number of rotatable bonds is 4. The molecule has 7 heteroatoms. The molecule has 0 radical (unpaired) electrons. The van der Waals surface area contributed by atoms with Crippen LogP contribution in [0.25, 0.3) is 0 Å². The minimum Gasteiger partial charge on any atom is -0.463 e. The fourth-order valence-electron chi connectivity index (χ4n) is 9.65. The van der Waals surface area contributed by atoms with Crippen LogP contribution in [0.1, 0.15) is 48.1 Å². The smallest absolute Gasteiger partial charge is 0.373 e. The van der Waals surface area contributed by atoms with Gasteiger partial charge in [0, 0.05) is 37.4 Å². The molecule has 5 bridgehead atoms. The van der Waals surface area contributed by atoms with Crippen LogP contribution in [0.15, 0.2) is 40.8 Å². The average Bonchev–Trinajstić information content (AvgIpc) is 3.47. The lowest BCUT2D eigenvalue weighted by Crippen LogP contribution is -2.82. The lowest BCUT2D eigenvalue weighted by atomic mass is 9.60. The molecule has 6 heterocycles. The van der Waals surface area contributed by atoms with Crippen molar-refractivity contribution in [3.63, 3.8) is 0 Å². The molecule has 2 aromatic rings. The molecule has 5 aliphatic heterocycles. The van der Waals surface area contributed by atoms with Gasteiger partial charge in [0.25, 0.3) is 0 Å². The van der Waals surface area contributed by atoms with Gasteiger partial charge in [0.15, 0.2) is 12.0 Å². The number of hydrogen-bond acceptors (Lipinski definition) is 6. The summed E-state index contributed by atoms with van der Waals surface area (Å²) in [6.07, 6.45) is 1.83. The fourth-order valence-corrected chi connectivity index (χ4v) is 9.65. The number of methoxy groups -OCH3 is 1. The van der Waals surface area contributed by atoms with E-state index in [4.69, 9.17) is 9.15 Å². The third-order valence-corrected chi connectivity index (χ3v) is 10.6. The SMILES string of the molecule is CCC1C2CC3C4N(C)c5ccccc5C45CC(C2C5O)[N+]3(Cc2ccc(C(=O)OC)o2)C1O. The van der Waals surface area contributed by atoms with Gasteiger partial charge in [-0.1, -0.05) is 25.1 Å². The minimum absolute atomic E-state index is 0.119. The summed E-state index contributed by atoms with van der Waals surface area (Å²) in [7, 11) is 3.51. The molecule has 7 nitrogen and oxygen atoms in total. The zero-order valence-corrected chi connectivity index (χ0v) is 19.9. The molecule has 6 aliphatic rings. The van der Waals surface area contributed by atoms with Crippen LogP contribution in [0.2, 0.25) is 0 Å². The summed E-state index contributed by atoms with van der Waals surface area (Å²) in [5.41, 5.74) is 2.20. The number of quaternary nitrogens is 1. The molecule has 8 rings (SSSR count). The van der Waals surface area contributed by atoms with Gasteiger partial charge < -0.3 is 24.3 Å². The van der Waals surface area contributed by atoms with Crippen molar-refractivity contribution in [2.45, 2.75) is 68.6 Å². The number of likely N-dealkylation sites (N-methyl/N-ethyl adjacent to an activating group) is 1. The number of anilines is 1. The maximum atomic E-state index is 12.1. The van der Waals surface area contributed by atoms with E-state index in [9.17, 15) is 15.0 Å². The Kier molecular flexibility index (Phi) is 4.10. The first-order chi connectivity index (χ1) is 16.4. The van der Waals surface area contributed by atoms with Gasteiger partial charge >= 0.3 is 5.97 Å². The summed E-state index contributed by atoms with van der Waals surface area (Å²) in [6.45, 7) is 2.69. The van der Waals surface area contributed by atoms with Gasteiger partial charge in [0.1, 0.15) is 12.6 Å². The van der Waals surface area contributed by atoms with Crippen LogP contribution in [-0.4, -0.2) is 65.3 Å². The topological polar surface area (TPSA) is 83.1 Å². The molecule has 4 saturated heterocycles. The Morgan fingerprint density at radius 2 is 2.03 bits per heavy atom. The molecule has 180 valence electrons. The van der Waals surface area contributed by atoms with Crippen molar-refractivity contribution in [2.24, 2.45) is 17.8 Å². The highest BCUT2D eigenvalue weighted by Gasteiger charge is 2.83. The van der Waals surface area contributed by atoms with E-state index in [2.05, 4.69) is 43.1 Å². The van der Waals surface area contributed by atoms with Crippen LogP contribution >= 0.6 is 0 Å². The average molecular weight is 466 g/mol. The van der Waals surface area contributed by atoms with E-state index in [1.54, 1.807) is 6.07 Å². The number of ether oxygens (including phenoxy) is 1. The maximum absolute atomic E-state index is 12.1. The highest BCUT2D eigenvalue weighted by molar-refractivity contribution is 5.86. The molecule has 5 fully saturated rings. The Morgan fingerprint density at radius 1 is 1.24 bits per heavy atom. The van der Waals surface area contributed by atoms with Crippen LogP contribution in [0.5, 0.6) is 0 Å². The molecule has 34 heavy (non-hydrogen) atoms. The first kappa shape index (κ1) is 21.0. The summed E-state index contributed by atoms with van der Waals surface area (Å²) >= 11 is 0. The number of aliphatic hydroxyl groups is 2. The second-order valence-corrected chi connectivity index (χ2v) is 11.3. The summed E-state index contributed by atoms with van der Waals surface area (Å²) in [5.74, 6) is 1.04. The lowest BCUT2D eigenvalue weighted by Gasteiger charge is -2.67. The predicted octanol–water partition coefficient (Wildman–Crippen LogP) is 2.65. The van der Waals surface area contributed by atoms with Crippen molar-refractivity contribution >= 4 is 11.7 Å². The van der Waals surface area contributed by atoms with Crippen molar-refractivity contribution in [2.75, 3.05) is 19.1 Å². The van der Waals surface area contributed by atoms with E-state index in [1.165, 1.54) is 18.4 Å². The highest BCUT2D eigenvalue weighted by Crippen LogP contribution is 2.71. The third-order valence-electron chi connectivity index (χ3n) is 10.6. The zero-order chi connectivity index (χ0) is 23.6. The minimum atomic E-state index is -0.512. The van der Waals surface area contributed by atoms with E-state index in [1.807, 2.05) is 6.07 Å². The molecule has 2 N–H and O–H groups in total. The molecular formula is C27H33N2O5+. The van der Waals surface area contributed by atoms with E-state index in [0.717, 1.165) is 19.3 Å². The number of aliphatic hydroxyl groups excluding tert-OH is 2. The number of piperidine rings is 4. The van der Waals surface area contributed by atoms with Gasteiger partial charge in [-0.3, -0.25) is 4.48 Å². The Labute approximate surface area is 199 Å². The maximum Gasteiger partial charge on any atom is 0.373 e. The van der Waals surface area contributed by atoms with Gasteiger partial charge in [-0.15, -0.1) is 0 Å². The van der Waals surface area contributed by atoms with Gasteiger partial charge in [0.2, 0.25) is 5.76 Å². The van der Waals surface area contributed by atoms with Gasteiger partial charge in [-0.25, -0.2) is 4.79 Å². The van der Waals surface area contributed by atoms with Crippen molar-refractivity contribution in [3.8, 4) is 0 Å². The summed E-state index contributed by atoms with van der Waals surface area (Å²) < 4.78 is 11.3.